The maximum absolute atomic E-state index is 11.8. The summed E-state index contributed by atoms with van der Waals surface area (Å²) >= 11 is 0. The van der Waals surface area contributed by atoms with Crippen molar-refractivity contribution in [2.75, 3.05) is 13.7 Å². The third-order valence-corrected chi connectivity index (χ3v) is 3.12. The lowest BCUT2D eigenvalue weighted by Crippen LogP contribution is -2.19. The highest BCUT2D eigenvalue weighted by Crippen LogP contribution is 2.12. The number of nitrogens with one attached hydrogen (secondary N) is 1. The molecule has 1 amide bonds. The van der Waals surface area contributed by atoms with E-state index >= 15 is 0 Å². The molecule has 0 aliphatic carbocycles. The minimum atomic E-state index is -0.169. The number of rotatable bonds is 7. The molecule has 5 nitrogen and oxygen atoms in total. The van der Waals surface area contributed by atoms with E-state index in [9.17, 15) is 4.79 Å². The Morgan fingerprint density at radius 3 is 2.35 bits per heavy atom. The molecule has 2 aromatic rings. The highest BCUT2D eigenvalue weighted by atomic mass is 16.5. The number of methoxy groups -OCH3 is 1. The summed E-state index contributed by atoms with van der Waals surface area (Å²) in [6, 6.07) is 14.9. The van der Waals surface area contributed by atoms with E-state index in [1.165, 1.54) is 0 Å². The fourth-order valence-corrected chi connectivity index (χ4v) is 1.96. The van der Waals surface area contributed by atoms with Crippen LogP contribution >= 0.6 is 0 Å². The predicted octanol–water partition coefficient (Wildman–Crippen LogP) is 2.79. The molecule has 120 valence electrons. The summed E-state index contributed by atoms with van der Waals surface area (Å²) in [5.74, 6) is 1.41. The molecule has 2 aromatic carbocycles. The van der Waals surface area contributed by atoms with E-state index in [0.717, 1.165) is 22.6 Å². The van der Waals surface area contributed by atoms with Gasteiger partial charge in [0.25, 0.3) is 0 Å². The van der Waals surface area contributed by atoms with E-state index in [-0.39, 0.29) is 12.3 Å². The fourth-order valence-electron chi connectivity index (χ4n) is 1.96. The summed E-state index contributed by atoms with van der Waals surface area (Å²) in [7, 11) is 1.61. The summed E-state index contributed by atoms with van der Waals surface area (Å²) in [5, 5.41) is 3.96. The van der Waals surface area contributed by atoms with E-state index in [1.807, 2.05) is 55.5 Å². The molecule has 0 radical (unpaired) electrons. The zero-order chi connectivity index (χ0) is 16.5. The lowest BCUT2D eigenvalue weighted by molar-refractivity contribution is -0.120. The van der Waals surface area contributed by atoms with Crippen LogP contribution in [0, 0.1) is 0 Å². The Morgan fingerprint density at radius 2 is 1.74 bits per heavy atom. The number of nitrogens with zero attached hydrogens (tertiary/aromatic N) is 1. The van der Waals surface area contributed by atoms with Crippen molar-refractivity contribution in [1.29, 1.82) is 0 Å². The van der Waals surface area contributed by atoms with Crippen molar-refractivity contribution in [3.05, 3.63) is 59.7 Å². The van der Waals surface area contributed by atoms with Crippen LogP contribution in [0.1, 0.15) is 18.1 Å². The number of hydrogen-bond donors (Lipinski definition) is 1. The number of hydrogen-bond acceptors (Lipinski definition) is 4. The summed E-state index contributed by atoms with van der Waals surface area (Å²) in [6.45, 7) is 2.57. The van der Waals surface area contributed by atoms with Gasteiger partial charge in [0.05, 0.1) is 26.4 Å². The molecule has 0 saturated heterocycles. The number of amides is 1. The Kier molecular flexibility index (Phi) is 6.17. The Bertz CT molecular complexity index is 649. The van der Waals surface area contributed by atoms with Crippen LogP contribution in [-0.2, 0) is 11.2 Å². The van der Waals surface area contributed by atoms with Crippen LogP contribution in [0.25, 0.3) is 0 Å². The van der Waals surface area contributed by atoms with Gasteiger partial charge in [-0.15, -0.1) is 0 Å². The molecule has 0 atom stereocenters. The minimum absolute atomic E-state index is 0.169. The van der Waals surface area contributed by atoms with Crippen LogP contribution in [0.2, 0.25) is 0 Å². The molecule has 0 aromatic heterocycles. The maximum atomic E-state index is 11.8. The van der Waals surface area contributed by atoms with Gasteiger partial charge in [-0.25, -0.2) is 5.43 Å². The van der Waals surface area contributed by atoms with Gasteiger partial charge in [0, 0.05) is 0 Å². The standard InChI is InChI=1S/C18H20N2O3/c1-3-23-17-10-6-15(7-11-17)13-19-20-18(21)12-14-4-8-16(22-2)9-5-14/h4-11,13H,3,12H2,1-2H3,(H,20,21)/b19-13+. The van der Waals surface area contributed by atoms with Crippen LogP contribution in [0.5, 0.6) is 11.5 Å². The fraction of sp³-hybridized carbons (Fsp3) is 0.222. The minimum Gasteiger partial charge on any atom is -0.497 e. The Labute approximate surface area is 135 Å². The van der Waals surface area contributed by atoms with Gasteiger partial charge in [-0.05, 0) is 54.4 Å². The monoisotopic (exact) mass is 312 g/mol. The molecular formula is C18H20N2O3. The zero-order valence-electron chi connectivity index (χ0n) is 13.3. The summed E-state index contributed by atoms with van der Waals surface area (Å²) < 4.78 is 10.4. The second kappa shape index (κ2) is 8.58. The van der Waals surface area contributed by atoms with Crippen molar-refractivity contribution in [2.24, 2.45) is 5.10 Å². The van der Waals surface area contributed by atoms with Crippen LogP contribution in [0.4, 0.5) is 0 Å². The van der Waals surface area contributed by atoms with Crippen LogP contribution in [-0.4, -0.2) is 25.8 Å². The molecule has 0 heterocycles. The van der Waals surface area contributed by atoms with Gasteiger partial charge in [0.2, 0.25) is 5.91 Å². The number of hydrazone groups is 1. The first kappa shape index (κ1) is 16.5. The SMILES string of the molecule is CCOc1ccc(/C=N/NC(=O)Cc2ccc(OC)cc2)cc1. The van der Waals surface area contributed by atoms with Gasteiger partial charge in [-0.3, -0.25) is 4.79 Å². The van der Waals surface area contributed by atoms with Gasteiger partial charge in [0.1, 0.15) is 11.5 Å². The predicted molar refractivity (Wildman–Crippen MR) is 90.0 cm³/mol. The number of carbonyl (C=O) groups excluding carboxylic acids is 1. The largest absolute Gasteiger partial charge is 0.497 e. The normalized spacial score (nSPS) is 10.5. The molecule has 0 aliphatic rings. The van der Waals surface area contributed by atoms with Gasteiger partial charge < -0.3 is 9.47 Å². The highest BCUT2D eigenvalue weighted by molar-refractivity contribution is 5.83. The van der Waals surface area contributed by atoms with Crippen molar-refractivity contribution < 1.29 is 14.3 Å². The van der Waals surface area contributed by atoms with Crippen LogP contribution < -0.4 is 14.9 Å². The summed E-state index contributed by atoms with van der Waals surface area (Å²) in [4.78, 5) is 11.8. The first-order valence-corrected chi connectivity index (χ1v) is 7.39. The van der Waals surface area contributed by atoms with Crippen molar-refractivity contribution in [2.45, 2.75) is 13.3 Å². The topological polar surface area (TPSA) is 59.9 Å². The number of ether oxygens (including phenoxy) is 2. The second-order valence-electron chi connectivity index (χ2n) is 4.82. The molecule has 0 unspecified atom stereocenters. The molecule has 1 N–H and O–H groups in total. The molecule has 23 heavy (non-hydrogen) atoms. The number of benzene rings is 2. The zero-order valence-corrected chi connectivity index (χ0v) is 13.3. The van der Waals surface area contributed by atoms with E-state index in [1.54, 1.807) is 13.3 Å². The van der Waals surface area contributed by atoms with Crippen molar-refractivity contribution >= 4 is 12.1 Å². The molecule has 2 rings (SSSR count). The average molecular weight is 312 g/mol. The van der Waals surface area contributed by atoms with Crippen molar-refractivity contribution in [3.63, 3.8) is 0 Å². The number of carbonyl (C=O) groups is 1. The Hall–Kier alpha value is -2.82. The van der Waals surface area contributed by atoms with Gasteiger partial charge >= 0.3 is 0 Å². The molecule has 5 heteroatoms. The van der Waals surface area contributed by atoms with Crippen LogP contribution in [0.15, 0.2) is 53.6 Å². The first-order chi connectivity index (χ1) is 11.2. The van der Waals surface area contributed by atoms with E-state index in [4.69, 9.17) is 9.47 Å². The quantitative estimate of drug-likeness (QED) is 0.632. The Morgan fingerprint density at radius 1 is 1.09 bits per heavy atom. The molecule has 0 saturated carbocycles. The molecule has 0 fully saturated rings. The smallest absolute Gasteiger partial charge is 0.244 e. The lowest BCUT2D eigenvalue weighted by atomic mass is 10.1. The average Bonchev–Trinajstić information content (AvgIpc) is 2.57. The van der Waals surface area contributed by atoms with Gasteiger partial charge in [0.15, 0.2) is 0 Å². The van der Waals surface area contributed by atoms with Gasteiger partial charge in [-0.1, -0.05) is 12.1 Å². The molecule has 0 spiro atoms. The molecule has 0 aliphatic heterocycles. The van der Waals surface area contributed by atoms with Crippen LogP contribution in [0.3, 0.4) is 0 Å². The maximum Gasteiger partial charge on any atom is 0.244 e. The van der Waals surface area contributed by atoms with E-state index in [2.05, 4.69) is 10.5 Å². The van der Waals surface area contributed by atoms with Crippen molar-refractivity contribution in [3.8, 4) is 11.5 Å². The van der Waals surface area contributed by atoms with Gasteiger partial charge in [-0.2, -0.15) is 5.10 Å². The third kappa shape index (κ3) is 5.47. The summed E-state index contributed by atoms with van der Waals surface area (Å²) in [5.41, 5.74) is 4.31. The molecule has 0 bridgehead atoms. The third-order valence-electron chi connectivity index (χ3n) is 3.12. The first-order valence-electron chi connectivity index (χ1n) is 7.39. The Balaban J connectivity index is 1.82. The summed E-state index contributed by atoms with van der Waals surface area (Å²) in [6.07, 6.45) is 1.87. The van der Waals surface area contributed by atoms with E-state index < -0.39 is 0 Å². The van der Waals surface area contributed by atoms with Crippen molar-refractivity contribution in [1.82, 2.24) is 5.43 Å². The van der Waals surface area contributed by atoms with E-state index in [0.29, 0.717) is 6.61 Å². The molecular weight excluding hydrogens is 292 g/mol. The highest BCUT2D eigenvalue weighted by Gasteiger charge is 2.02. The lowest BCUT2D eigenvalue weighted by Gasteiger charge is -2.03. The second-order valence-corrected chi connectivity index (χ2v) is 4.82.